The SMILES string of the molecule is CC(C)(C)OCC(=O)CC1OCCc2ccccc21. The lowest BCUT2D eigenvalue weighted by Gasteiger charge is -2.26. The van der Waals surface area contributed by atoms with Gasteiger partial charge in [-0.25, -0.2) is 0 Å². The molecule has 19 heavy (non-hydrogen) atoms. The summed E-state index contributed by atoms with van der Waals surface area (Å²) in [5, 5.41) is 0. The summed E-state index contributed by atoms with van der Waals surface area (Å²) in [5.74, 6) is 0.0941. The molecule has 1 atom stereocenters. The van der Waals surface area contributed by atoms with Crippen molar-refractivity contribution in [1.29, 1.82) is 0 Å². The summed E-state index contributed by atoms with van der Waals surface area (Å²) in [4.78, 5) is 12.0. The van der Waals surface area contributed by atoms with Crippen LogP contribution in [0.4, 0.5) is 0 Å². The fourth-order valence-corrected chi connectivity index (χ4v) is 2.21. The Kier molecular flexibility index (Phi) is 4.38. The summed E-state index contributed by atoms with van der Waals surface area (Å²) in [5.41, 5.74) is 2.17. The molecule has 0 aliphatic carbocycles. The molecule has 1 heterocycles. The first-order chi connectivity index (χ1) is 8.96. The van der Waals surface area contributed by atoms with Crippen LogP contribution in [0.2, 0.25) is 0 Å². The fourth-order valence-electron chi connectivity index (χ4n) is 2.21. The third-order valence-electron chi connectivity index (χ3n) is 3.17. The van der Waals surface area contributed by atoms with Crippen LogP contribution in [0.25, 0.3) is 0 Å². The first kappa shape index (κ1) is 14.2. The Morgan fingerprint density at radius 3 is 2.84 bits per heavy atom. The highest BCUT2D eigenvalue weighted by Gasteiger charge is 2.23. The van der Waals surface area contributed by atoms with E-state index in [1.807, 2.05) is 32.9 Å². The van der Waals surface area contributed by atoms with E-state index in [-0.39, 0.29) is 24.1 Å². The Morgan fingerprint density at radius 2 is 2.11 bits per heavy atom. The number of carbonyl (C=O) groups is 1. The number of ketones is 1. The third-order valence-corrected chi connectivity index (χ3v) is 3.17. The number of fused-ring (bicyclic) bond motifs is 1. The van der Waals surface area contributed by atoms with Gasteiger partial charge in [-0.1, -0.05) is 24.3 Å². The molecule has 0 bridgehead atoms. The zero-order chi connectivity index (χ0) is 13.9. The molecule has 0 spiro atoms. The molecule has 1 unspecified atom stereocenters. The van der Waals surface area contributed by atoms with Crippen LogP contribution in [0.15, 0.2) is 24.3 Å². The van der Waals surface area contributed by atoms with Gasteiger partial charge in [-0.3, -0.25) is 4.79 Å². The molecule has 3 nitrogen and oxygen atoms in total. The van der Waals surface area contributed by atoms with Crippen molar-refractivity contribution < 1.29 is 14.3 Å². The van der Waals surface area contributed by atoms with E-state index in [1.54, 1.807) is 0 Å². The molecule has 0 aromatic heterocycles. The Bertz CT molecular complexity index is 446. The largest absolute Gasteiger partial charge is 0.373 e. The van der Waals surface area contributed by atoms with Gasteiger partial charge in [-0.05, 0) is 38.3 Å². The Morgan fingerprint density at radius 1 is 1.37 bits per heavy atom. The lowest BCUT2D eigenvalue weighted by molar-refractivity contribution is -0.131. The summed E-state index contributed by atoms with van der Waals surface area (Å²) < 4.78 is 11.2. The van der Waals surface area contributed by atoms with Crippen LogP contribution in [0.5, 0.6) is 0 Å². The molecule has 0 fully saturated rings. The minimum Gasteiger partial charge on any atom is -0.373 e. The summed E-state index contributed by atoms with van der Waals surface area (Å²) in [6, 6.07) is 8.19. The second-order valence-corrected chi connectivity index (χ2v) is 5.95. The molecule has 2 rings (SSSR count). The molecular formula is C16H22O3. The summed E-state index contributed by atoms with van der Waals surface area (Å²) in [6.45, 7) is 6.70. The monoisotopic (exact) mass is 262 g/mol. The fraction of sp³-hybridized carbons (Fsp3) is 0.562. The molecule has 1 aliphatic rings. The van der Waals surface area contributed by atoms with Gasteiger partial charge in [0.15, 0.2) is 5.78 Å². The Balaban J connectivity index is 1.95. The van der Waals surface area contributed by atoms with Gasteiger partial charge in [0.2, 0.25) is 0 Å². The highest BCUT2D eigenvalue weighted by molar-refractivity contribution is 5.80. The third kappa shape index (κ3) is 4.15. The van der Waals surface area contributed by atoms with Crippen LogP contribution in [-0.4, -0.2) is 24.6 Å². The van der Waals surface area contributed by atoms with E-state index in [4.69, 9.17) is 9.47 Å². The summed E-state index contributed by atoms with van der Waals surface area (Å²) in [7, 11) is 0. The lowest BCUT2D eigenvalue weighted by atomic mass is 9.95. The smallest absolute Gasteiger partial charge is 0.161 e. The van der Waals surface area contributed by atoms with Crippen LogP contribution in [0, 0.1) is 0 Å². The number of benzene rings is 1. The summed E-state index contributed by atoms with van der Waals surface area (Å²) in [6.07, 6.45) is 1.22. The van der Waals surface area contributed by atoms with Gasteiger partial charge in [0.1, 0.15) is 6.61 Å². The number of hydrogen-bond acceptors (Lipinski definition) is 3. The van der Waals surface area contributed by atoms with E-state index >= 15 is 0 Å². The maximum atomic E-state index is 12.0. The van der Waals surface area contributed by atoms with Crippen molar-refractivity contribution in [3.05, 3.63) is 35.4 Å². The number of hydrogen-bond donors (Lipinski definition) is 0. The van der Waals surface area contributed by atoms with Crippen molar-refractivity contribution >= 4 is 5.78 Å². The molecular weight excluding hydrogens is 240 g/mol. The molecule has 0 radical (unpaired) electrons. The molecule has 1 aliphatic heterocycles. The van der Waals surface area contributed by atoms with E-state index in [0.717, 1.165) is 12.0 Å². The van der Waals surface area contributed by atoms with Gasteiger partial charge in [0.05, 0.1) is 18.3 Å². The molecule has 0 N–H and O–H groups in total. The van der Waals surface area contributed by atoms with Gasteiger partial charge in [0.25, 0.3) is 0 Å². The van der Waals surface area contributed by atoms with Crippen molar-refractivity contribution in [3.8, 4) is 0 Å². The normalized spacial score (nSPS) is 19.0. The average Bonchev–Trinajstić information content (AvgIpc) is 2.36. The van der Waals surface area contributed by atoms with Crippen LogP contribution in [0.1, 0.15) is 44.4 Å². The van der Waals surface area contributed by atoms with Crippen molar-refractivity contribution in [2.75, 3.05) is 13.2 Å². The standard InChI is InChI=1S/C16H22O3/c1-16(2,3)19-11-13(17)10-15-14-7-5-4-6-12(14)8-9-18-15/h4-7,15H,8-11H2,1-3H3. The van der Waals surface area contributed by atoms with Crippen LogP contribution < -0.4 is 0 Å². The van der Waals surface area contributed by atoms with Crippen LogP contribution in [-0.2, 0) is 20.7 Å². The van der Waals surface area contributed by atoms with E-state index in [2.05, 4.69) is 12.1 Å². The van der Waals surface area contributed by atoms with Crippen molar-refractivity contribution in [1.82, 2.24) is 0 Å². The second-order valence-electron chi connectivity index (χ2n) is 5.95. The molecule has 1 aromatic carbocycles. The highest BCUT2D eigenvalue weighted by atomic mass is 16.5. The van der Waals surface area contributed by atoms with E-state index < -0.39 is 0 Å². The molecule has 0 amide bonds. The van der Waals surface area contributed by atoms with E-state index in [1.165, 1.54) is 5.56 Å². The van der Waals surface area contributed by atoms with Crippen molar-refractivity contribution in [2.24, 2.45) is 0 Å². The van der Waals surface area contributed by atoms with Crippen molar-refractivity contribution in [3.63, 3.8) is 0 Å². The molecule has 0 saturated carbocycles. The van der Waals surface area contributed by atoms with Gasteiger partial charge >= 0.3 is 0 Å². The molecule has 104 valence electrons. The number of Topliss-reactive ketones (excluding diaryl/α,β-unsaturated/α-hetero) is 1. The van der Waals surface area contributed by atoms with Gasteiger partial charge in [-0.2, -0.15) is 0 Å². The highest BCUT2D eigenvalue weighted by Crippen LogP contribution is 2.29. The first-order valence-corrected chi connectivity index (χ1v) is 6.81. The topological polar surface area (TPSA) is 35.5 Å². The maximum absolute atomic E-state index is 12.0. The molecule has 3 heteroatoms. The molecule has 0 saturated heterocycles. The Hall–Kier alpha value is -1.19. The van der Waals surface area contributed by atoms with Gasteiger partial charge in [0, 0.05) is 6.42 Å². The van der Waals surface area contributed by atoms with E-state index in [9.17, 15) is 4.79 Å². The quantitative estimate of drug-likeness (QED) is 0.836. The predicted octanol–water partition coefficient (Wildman–Crippen LogP) is 3.07. The minimum atomic E-state index is -0.277. The van der Waals surface area contributed by atoms with Gasteiger partial charge in [-0.15, -0.1) is 0 Å². The average molecular weight is 262 g/mol. The van der Waals surface area contributed by atoms with Crippen molar-refractivity contribution in [2.45, 2.75) is 45.3 Å². The number of rotatable bonds is 4. The predicted molar refractivity (Wildman–Crippen MR) is 74.2 cm³/mol. The van der Waals surface area contributed by atoms with Crippen LogP contribution >= 0.6 is 0 Å². The zero-order valence-corrected chi connectivity index (χ0v) is 11.9. The first-order valence-electron chi connectivity index (χ1n) is 6.81. The summed E-state index contributed by atoms with van der Waals surface area (Å²) >= 11 is 0. The second kappa shape index (κ2) is 5.85. The number of ether oxygens (including phenoxy) is 2. The zero-order valence-electron chi connectivity index (χ0n) is 11.9. The maximum Gasteiger partial charge on any atom is 0.161 e. The lowest BCUT2D eigenvalue weighted by Crippen LogP contribution is -2.26. The van der Waals surface area contributed by atoms with E-state index in [0.29, 0.717) is 13.0 Å². The van der Waals surface area contributed by atoms with Crippen LogP contribution in [0.3, 0.4) is 0 Å². The minimum absolute atomic E-state index is 0.0941. The molecule has 1 aromatic rings. The number of carbonyl (C=O) groups excluding carboxylic acids is 1. The van der Waals surface area contributed by atoms with Gasteiger partial charge < -0.3 is 9.47 Å². The Labute approximate surface area is 114 Å².